The molecule has 0 aliphatic rings. The summed E-state index contributed by atoms with van der Waals surface area (Å²) in [6.07, 6.45) is 0.708. The number of nitrogens with zero attached hydrogens (tertiary/aromatic N) is 1. The zero-order valence-corrected chi connectivity index (χ0v) is 12.4. The standard InChI is InChI=1S/C17H15ClN2O/c1-2-15(12-6-4-3-5-7-12)17(21)20-14-9-8-13(11-19)16(18)10-14/h3-10,15H,2H2,1H3,(H,20,21)/t15-/m0/s1. The molecule has 0 aliphatic carbocycles. The molecule has 0 fully saturated rings. The molecule has 0 heterocycles. The van der Waals surface area contributed by atoms with E-state index in [-0.39, 0.29) is 11.8 Å². The Balaban J connectivity index is 2.17. The number of benzene rings is 2. The molecule has 0 bridgehead atoms. The normalized spacial score (nSPS) is 11.5. The van der Waals surface area contributed by atoms with E-state index in [1.165, 1.54) is 0 Å². The number of anilines is 1. The summed E-state index contributed by atoms with van der Waals surface area (Å²) < 4.78 is 0. The summed E-state index contributed by atoms with van der Waals surface area (Å²) in [4.78, 5) is 12.4. The lowest BCUT2D eigenvalue weighted by Crippen LogP contribution is -2.20. The maximum atomic E-state index is 12.4. The van der Waals surface area contributed by atoms with Crippen molar-refractivity contribution in [3.8, 4) is 6.07 Å². The van der Waals surface area contributed by atoms with Gasteiger partial charge in [-0.2, -0.15) is 5.26 Å². The van der Waals surface area contributed by atoms with Crippen LogP contribution in [-0.4, -0.2) is 5.91 Å². The Morgan fingerprint density at radius 1 is 1.29 bits per heavy atom. The minimum Gasteiger partial charge on any atom is -0.326 e. The average Bonchev–Trinajstić information content (AvgIpc) is 2.49. The van der Waals surface area contributed by atoms with Crippen molar-refractivity contribution in [1.82, 2.24) is 0 Å². The summed E-state index contributed by atoms with van der Waals surface area (Å²) in [5, 5.41) is 12.0. The van der Waals surface area contributed by atoms with Crippen LogP contribution in [0.5, 0.6) is 0 Å². The van der Waals surface area contributed by atoms with Gasteiger partial charge >= 0.3 is 0 Å². The average molecular weight is 299 g/mol. The third-order valence-electron chi connectivity index (χ3n) is 3.28. The minimum atomic E-state index is -0.208. The fraction of sp³-hybridized carbons (Fsp3) is 0.176. The van der Waals surface area contributed by atoms with E-state index in [9.17, 15) is 4.79 Å². The molecule has 0 unspecified atom stereocenters. The second-order valence-corrected chi connectivity index (χ2v) is 5.07. The highest BCUT2D eigenvalue weighted by molar-refractivity contribution is 6.32. The van der Waals surface area contributed by atoms with Crippen LogP contribution in [-0.2, 0) is 4.79 Å². The van der Waals surface area contributed by atoms with Gasteiger partial charge in [-0.15, -0.1) is 0 Å². The van der Waals surface area contributed by atoms with Gasteiger partial charge in [0.05, 0.1) is 16.5 Å². The number of carbonyl (C=O) groups is 1. The summed E-state index contributed by atoms with van der Waals surface area (Å²) in [6.45, 7) is 1.98. The van der Waals surface area contributed by atoms with Crippen molar-refractivity contribution in [2.45, 2.75) is 19.3 Å². The van der Waals surface area contributed by atoms with Gasteiger partial charge in [-0.25, -0.2) is 0 Å². The van der Waals surface area contributed by atoms with E-state index in [1.54, 1.807) is 18.2 Å². The quantitative estimate of drug-likeness (QED) is 0.912. The molecule has 4 heteroatoms. The highest BCUT2D eigenvalue weighted by Crippen LogP contribution is 2.24. The molecule has 3 nitrogen and oxygen atoms in total. The number of hydrogen-bond acceptors (Lipinski definition) is 2. The van der Waals surface area contributed by atoms with Crippen LogP contribution in [0.3, 0.4) is 0 Å². The SMILES string of the molecule is CC[C@H](C(=O)Nc1ccc(C#N)c(Cl)c1)c1ccccc1. The summed E-state index contributed by atoms with van der Waals surface area (Å²) in [5.74, 6) is -0.287. The Morgan fingerprint density at radius 2 is 2.00 bits per heavy atom. The summed E-state index contributed by atoms with van der Waals surface area (Å²) in [5.41, 5.74) is 1.97. The van der Waals surface area contributed by atoms with Crippen LogP contribution in [0, 0.1) is 11.3 Å². The van der Waals surface area contributed by atoms with Crippen LogP contribution in [0.4, 0.5) is 5.69 Å². The van der Waals surface area contributed by atoms with E-state index in [1.807, 2.05) is 43.3 Å². The molecular formula is C17H15ClN2O. The first-order valence-corrected chi connectivity index (χ1v) is 7.09. The predicted molar refractivity (Wildman–Crippen MR) is 84.3 cm³/mol. The van der Waals surface area contributed by atoms with Crippen molar-refractivity contribution in [3.05, 3.63) is 64.7 Å². The van der Waals surface area contributed by atoms with Crippen LogP contribution >= 0.6 is 11.6 Å². The van der Waals surface area contributed by atoms with Crippen molar-refractivity contribution in [2.24, 2.45) is 0 Å². The minimum absolute atomic E-state index is 0.0792. The molecule has 106 valence electrons. The highest BCUT2D eigenvalue weighted by atomic mass is 35.5. The van der Waals surface area contributed by atoms with Crippen LogP contribution in [0.1, 0.15) is 30.4 Å². The van der Waals surface area contributed by atoms with E-state index in [4.69, 9.17) is 16.9 Å². The van der Waals surface area contributed by atoms with E-state index in [2.05, 4.69) is 5.32 Å². The Hall–Kier alpha value is -2.31. The van der Waals surface area contributed by atoms with Gasteiger partial charge in [-0.1, -0.05) is 48.9 Å². The Kier molecular flexibility index (Phi) is 4.97. The third-order valence-corrected chi connectivity index (χ3v) is 3.60. The second-order valence-electron chi connectivity index (χ2n) is 4.67. The number of carbonyl (C=O) groups excluding carboxylic acids is 1. The summed E-state index contributed by atoms with van der Waals surface area (Å²) in [7, 11) is 0. The first-order valence-electron chi connectivity index (χ1n) is 6.71. The van der Waals surface area contributed by atoms with Crippen molar-refractivity contribution in [2.75, 3.05) is 5.32 Å². The lowest BCUT2D eigenvalue weighted by atomic mass is 9.95. The van der Waals surface area contributed by atoms with Crippen molar-refractivity contribution < 1.29 is 4.79 Å². The first-order chi connectivity index (χ1) is 10.2. The maximum absolute atomic E-state index is 12.4. The monoisotopic (exact) mass is 298 g/mol. The Bertz CT molecular complexity index is 677. The molecule has 2 aromatic rings. The molecule has 1 atom stereocenters. The summed E-state index contributed by atoms with van der Waals surface area (Å²) >= 11 is 5.97. The molecule has 0 aliphatic heterocycles. The molecule has 1 N–H and O–H groups in total. The molecule has 0 aromatic heterocycles. The smallest absolute Gasteiger partial charge is 0.231 e. The van der Waals surface area contributed by atoms with Crippen LogP contribution in [0.25, 0.3) is 0 Å². The van der Waals surface area contributed by atoms with Gasteiger partial charge in [0.1, 0.15) is 6.07 Å². The van der Waals surface area contributed by atoms with Gasteiger partial charge in [0.2, 0.25) is 5.91 Å². The number of nitrogens with one attached hydrogen (secondary N) is 1. The molecule has 0 saturated carbocycles. The predicted octanol–water partition coefficient (Wildman–Crippen LogP) is 4.34. The number of amides is 1. The molecule has 1 amide bonds. The van der Waals surface area contributed by atoms with E-state index < -0.39 is 0 Å². The van der Waals surface area contributed by atoms with Crippen LogP contribution in [0.15, 0.2) is 48.5 Å². The van der Waals surface area contributed by atoms with Gasteiger partial charge < -0.3 is 5.32 Å². The lowest BCUT2D eigenvalue weighted by Gasteiger charge is -2.15. The lowest BCUT2D eigenvalue weighted by molar-refractivity contribution is -0.117. The molecule has 2 rings (SSSR count). The second kappa shape index (κ2) is 6.92. The van der Waals surface area contributed by atoms with Gasteiger partial charge in [-0.3, -0.25) is 4.79 Å². The Morgan fingerprint density at radius 3 is 2.57 bits per heavy atom. The molecule has 0 spiro atoms. The van der Waals surface area contributed by atoms with Gasteiger partial charge in [0, 0.05) is 5.69 Å². The summed E-state index contributed by atoms with van der Waals surface area (Å²) in [6, 6.07) is 16.5. The third kappa shape index (κ3) is 3.62. The molecule has 21 heavy (non-hydrogen) atoms. The number of nitriles is 1. The molecule has 0 saturated heterocycles. The fourth-order valence-electron chi connectivity index (χ4n) is 2.17. The number of halogens is 1. The maximum Gasteiger partial charge on any atom is 0.231 e. The van der Waals surface area contributed by atoms with Crippen molar-refractivity contribution in [3.63, 3.8) is 0 Å². The van der Waals surface area contributed by atoms with E-state index in [0.29, 0.717) is 22.7 Å². The van der Waals surface area contributed by atoms with E-state index >= 15 is 0 Å². The largest absolute Gasteiger partial charge is 0.326 e. The van der Waals surface area contributed by atoms with Crippen molar-refractivity contribution >= 4 is 23.2 Å². The molecule has 0 radical (unpaired) electrons. The van der Waals surface area contributed by atoms with Gasteiger partial charge in [0.25, 0.3) is 0 Å². The zero-order chi connectivity index (χ0) is 15.2. The van der Waals surface area contributed by atoms with Crippen molar-refractivity contribution in [1.29, 1.82) is 5.26 Å². The van der Waals surface area contributed by atoms with Gasteiger partial charge in [0.15, 0.2) is 0 Å². The van der Waals surface area contributed by atoms with Gasteiger partial charge in [-0.05, 0) is 30.2 Å². The van der Waals surface area contributed by atoms with Crippen LogP contribution in [0.2, 0.25) is 5.02 Å². The Labute approximate surface area is 129 Å². The topological polar surface area (TPSA) is 52.9 Å². The van der Waals surface area contributed by atoms with Crippen LogP contribution < -0.4 is 5.32 Å². The highest BCUT2D eigenvalue weighted by Gasteiger charge is 2.18. The fourth-order valence-corrected chi connectivity index (χ4v) is 2.39. The molecular weight excluding hydrogens is 284 g/mol. The number of rotatable bonds is 4. The number of hydrogen-bond donors (Lipinski definition) is 1. The zero-order valence-electron chi connectivity index (χ0n) is 11.6. The van der Waals surface area contributed by atoms with E-state index in [0.717, 1.165) is 5.56 Å². The first kappa shape index (κ1) is 15.1. The molecule has 2 aromatic carbocycles.